The molecular formula is C14H21N3O2. The summed E-state index contributed by atoms with van der Waals surface area (Å²) < 4.78 is 0. The van der Waals surface area contributed by atoms with Crippen LogP contribution < -0.4 is 10.6 Å². The molecule has 1 unspecified atom stereocenters. The number of anilines is 1. The zero-order valence-corrected chi connectivity index (χ0v) is 11.4. The second-order valence-corrected chi connectivity index (χ2v) is 5.53. The molecule has 1 aromatic carbocycles. The van der Waals surface area contributed by atoms with E-state index in [-0.39, 0.29) is 5.84 Å². The molecule has 1 fully saturated rings. The molecule has 5 heteroatoms. The largest absolute Gasteiger partial charge is 0.409 e. The molecule has 1 aliphatic heterocycles. The van der Waals surface area contributed by atoms with Gasteiger partial charge in [0.25, 0.3) is 0 Å². The first-order chi connectivity index (χ1) is 8.93. The van der Waals surface area contributed by atoms with E-state index in [0.717, 1.165) is 30.6 Å². The molecule has 0 bridgehead atoms. The van der Waals surface area contributed by atoms with E-state index in [1.54, 1.807) is 0 Å². The number of piperidine rings is 1. The fraction of sp³-hybridized carbons (Fsp3) is 0.500. The zero-order chi connectivity index (χ0) is 14.0. The molecular weight excluding hydrogens is 242 g/mol. The lowest BCUT2D eigenvalue weighted by Gasteiger charge is -2.39. The molecule has 19 heavy (non-hydrogen) atoms. The molecule has 0 radical (unpaired) electrons. The highest BCUT2D eigenvalue weighted by molar-refractivity contribution is 6.02. The summed E-state index contributed by atoms with van der Waals surface area (Å²) in [6.07, 6.45) is 1.73. The quantitative estimate of drug-likeness (QED) is 0.326. The van der Waals surface area contributed by atoms with Gasteiger partial charge in [0, 0.05) is 24.3 Å². The standard InChI is InChI=1S/C14H21N3O2/c1-10-4-5-11(13(15)16-19)12(8-10)17-7-3-6-14(2,18)9-17/h4-5,8,18-19H,3,6-7,9H2,1-2H3,(H2,15,16). The monoisotopic (exact) mass is 263 g/mol. The number of rotatable bonds is 2. The van der Waals surface area contributed by atoms with E-state index in [2.05, 4.69) is 10.1 Å². The molecule has 4 N–H and O–H groups in total. The van der Waals surface area contributed by atoms with Gasteiger partial charge in [0.1, 0.15) is 0 Å². The fourth-order valence-electron chi connectivity index (χ4n) is 2.60. The van der Waals surface area contributed by atoms with E-state index in [9.17, 15) is 5.11 Å². The summed E-state index contributed by atoms with van der Waals surface area (Å²) in [5, 5.41) is 22.2. The molecule has 0 amide bonds. The fourth-order valence-corrected chi connectivity index (χ4v) is 2.60. The highest BCUT2D eigenvalue weighted by Gasteiger charge is 2.29. The van der Waals surface area contributed by atoms with Gasteiger partial charge in [-0.05, 0) is 44.4 Å². The molecule has 5 nitrogen and oxygen atoms in total. The van der Waals surface area contributed by atoms with E-state index in [0.29, 0.717) is 12.1 Å². The predicted molar refractivity (Wildman–Crippen MR) is 75.8 cm³/mol. The number of aryl methyl sites for hydroxylation is 1. The van der Waals surface area contributed by atoms with Crippen molar-refractivity contribution < 1.29 is 10.3 Å². The molecule has 0 aromatic heterocycles. The number of benzene rings is 1. The zero-order valence-electron chi connectivity index (χ0n) is 11.4. The van der Waals surface area contributed by atoms with Gasteiger partial charge < -0.3 is 20.9 Å². The van der Waals surface area contributed by atoms with Gasteiger partial charge in [0.2, 0.25) is 0 Å². The Morgan fingerprint density at radius 1 is 1.47 bits per heavy atom. The molecule has 0 saturated carbocycles. The topological polar surface area (TPSA) is 82.1 Å². The number of β-amino-alcohol motifs (C(OH)–C–C–N with tert-alkyl or cyclic N) is 1. The van der Waals surface area contributed by atoms with Crippen molar-refractivity contribution in [2.45, 2.75) is 32.3 Å². The number of amidine groups is 1. The van der Waals surface area contributed by atoms with E-state index < -0.39 is 5.60 Å². The third kappa shape index (κ3) is 2.98. The summed E-state index contributed by atoms with van der Waals surface area (Å²) in [7, 11) is 0. The highest BCUT2D eigenvalue weighted by Crippen LogP contribution is 2.29. The molecule has 104 valence electrons. The summed E-state index contributed by atoms with van der Waals surface area (Å²) in [5.41, 5.74) is 7.76. The minimum absolute atomic E-state index is 0.0974. The molecule has 0 spiro atoms. The van der Waals surface area contributed by atoms with Crippen LogP contribution in [0.3, 0.4) is 0 Å². The number of oxime groups is 1. The molecule has 2 rings (SSSR count). The number of hydrogen-bond donors (Lipinski definition) is 3. The van der Waals surface area contributed by atoms with Crippen molar-refractivity contribution in [1.29, 1.82) is 0 Å². The number of aliphatic hydroxyl groups is 1. The van der Waals surface area contributed by atoms with Gasteiger partial charge in [-0.15, -0.1) is 0 Å². The summed E-state index contributed by atoms with van der Waals surface area (Å²) >= 11 is 0. The Labute approximate surface area is 113 Å². The van der Waals surface area contributed by atoms with Gasteiger partial charge in [-0.1, -0.05) is 11.2 Å². The first-order valence-electron chi connectivity index (χ1n) is 6.49. The maximum absolute atomic E-state index is 10.2. The minimum atomic E-state index is -0.690. The molecule has 1 atom stereocenters. The maximum Gasteiger partial charge on any atom is 0.172 e. The Bertz CT molecular complexity index is 497. The van der Waals surface area contributed by atoms with Gasteiger partial charge >= 0.3 is 0 Å². The van der Waals surface area contributed by atoms with Gasteiger partial charge in [-0.2, -0.15) is 0 Å². The van der Waals surface area contributed by atoms with Crippen molar-refractivity contribution in [2.24, 2.45) is 10.9 Å². The van der Waals surface area contributed by atoms with Crippen LogP contribution in [0.5, 0.6) is 0 Å². The second kappa shape index (κ2) is 5.09. The van der Waals surface area contributed by atoms with Crippen LogP contribution in [0.1, 0.15) is 30.9 Å². The highest BCUT2D eigenvalue weighted by atomic mass is 16.4. The SMILES string of the molecule is Cc1ccc(/C(N)=N/O)c(N2CCCC(C)(O)C2)c1. The Hall–Kier alpha value is -1.75. The minimum Gasteiger partial charge on any atom is -0.409 e. The number of nitrogens with two attached hydrogens (primary N) is 1. The van der Waals surface area contributed by atoms with Crippen LogP contribution in [-0.2, 0) is 0 Å². The predicted octanol–water partition coefficient (Wildman–Crippen LogP) is 1.44. The van der Waals surface area contributed by atoms with Crippen LogP contribution >= 0.6 is 0 Å². The van der Waals surface area contributed by atoms with Gasteiger partial charge in [0.15, 0.2) is 5.84 Å². The van der Waals surface area contributed by atoms with Gasteiger partial charge in [0.05, 0.1) is 5.60 Å². The molecule has 1 aliphatic rings. The molecule has 1 saturated heterocycles. The third-order valence-corrected chi connectivity index (χ3v) is 3.55. The maximum atomic E-state index is 10.2. The van der Waals surface area contributed by atoms with Crippen LogP contribution in [0, 0.1) is 6.92 Å². The summed E-state index contributed by atoms with van der Waals surface area (Å²) in [4.78, 5) is 2.10. The molecule has 1 heterocycles. The lowest BCUT2D eigenvalue weighted by atomic mass is 9.94. The van der Waals surface area contributed by atoms with Crippen molar-refractivity contribution in [3.8, 4) is 0 Å². The number of hydrogen-bond acceptors (Lipinski definition) is 4. The Morgan fingerprint density at radius 3 is 2.84 bits per heavy atom. The normalized spacial score (nSPS) is 24.6. The van der Waals surface area contributed by atoms with Crippen LogP contribution in [-0.4, -0.2) is 34.8 Å². The van der Waals surface area contributed by atoms with Gasteiger partial charge in [-0.25, -0.2) is 0 Å². The van der Waals surface area contributed by atoms with Crippen molar-refractivity contribution in [3.05, 3.63) is 29.3 Å². The van der Waals surface area contributed by atoms with Crippen molar-refractivity contribution in [2.75, 3.05) is 18.0 Å². The van der Waals surface area contributed by atoms with Crippen LogP contribution in [0.4, 0.5) is 5.69 Å². The summed E-state index contributed by atoms with van der Waals surface area (Å²) in [5.74, 6) is 0.0974. The van der Waals surface area contributed by atoms with E-state index in [1.807, 2.05) is 32.0 Å². The average Bonchev–Trinajstić information content (AvgIpc) is 2.36. The van der Waals surface area contributed by atoms with E-state index >= 15 is 0 Å². The Balaban J connectivity index is 2.40. The second-order valence-electron chi connectivity index (χ2n) is 5.53. The smallest absolute Gasteiger partial charge is 0.172 e. The van der Waals surface area contributed by atoms with Gasteiger partial charge in [-0.3, -0.25) is 0 Å². The summed E-state index contributed by atoms with van der Waals surface area (Å²) in [6.45, 7) is 5.27. The molecule has 1 aromatic rings. The van der Waals surface area contributed by atoms with Crippen molar-refractivity contribution in [3.63, 3.8) is 0 Å². The van der Waals surface area contributed by atoms with E-state index in [1.165, 1.54) is 0 Å². The lowest BCUT2D eigenvalue weighted by Crippen LogP contribution is -2.46. The van der Waals surface area contributed by atoms with Crippen LogP contribution in [0.15, 0.2) is 23.4 Å². The average molecular weight is 263 g/mol. The lowest BCUT2D eigenvalue weighted by molar-refractivity contribution is 0.0449. The van der Waals surface area contributed by atoms with Crippen molar-refractivity contribution in [1.82, 2.24) is 0 Å². The Kier molecular flexibility index (Phi) is 3.66. The third-order valence-electron chi connectivity index (χ3n) is 3.55. The first kappa shape index (κ1) is 13.7. The van der Waals surface area contributed by atoms with E-state index in [4.69, 9.17) is 10.9 Å². The van der Waals surface area contributed by atoms with Crippen molar-refractivity contribution >= 4 is 11.5 Å². The first-order valence-corrected chi connectivity index (χ1v) is 6.49. The summed E-state index contributed by atoms with van der Waals surface area (Å²) in [6, 6.07) is 5.79. The number of nitrogens with zero attached hydrogens (tertiary/aromatic N) is 2. The van der Waals surface area contributed by atoms with Crippen LogP contribution in [0.25, 0.3) is 0 Å². The van der Waals surface area contributed by atoms with Crippen LogP contribution in [0.2, 0.25) is 0 Å². The Morgan fingerprint density at radius 2 is 2.21 bits per heavy atom. The molecule has 0 aliphatic carbocycles.